The molecule has 1 aromatic carbocycles. The Morgan fingerprint density at radius 2 is 1.79 bits per heavy atom. The molecule has 0 aromatic heterocycles. The van der Waals surface area contributed by atoms with E-state index in [2.05, 4.69) is 57.0 Å². The van der Waals surface area contributed by atoms with Gasteiger partial charge in [-0.1, -0.05) is 31.2 Å². The van der Waals surface area contributed by atoms with Crippen LogP contribution >= 0.6 is 0 Å². The summed E-state index contributed by atoms with van der Waals surface area (Å²) < 4.78 is 5.21. The van der Waals surface area contributed by atoms with E-state index in [1.807, 2.05) is 0 Å². The maximum atomic E-state index is 6.38. The first kappa shape index (κ1) is 16.2. The van der Waals surface area contributed by atoms with Gasteiger partial charge < -0.3 is 10.5 Å². The highest BCUT2D eigenvalue weighted by molar-refractivity contribution is 5.25. The van der Waals surface area contributed by atoms with Gasteiger partial charge in [-0.05, 0) is 38.4 Å². The first-order chi connectivity index (χ1) is 9.01. The molecule has 1 aromatic rings. The summed E-state index contributed by atoms with van der Waals surface area (Å²) >= 11 is 0. The van der Waals surface area contributed by atoms with Crippen molar-refractivity contribution < 1.29 is 4.74 Å². The summed E-state index contributed by atoms with van der Waals surface area (Å²) in [4.78, 5) is 2.28. The zero-order chi connectivity index (χ0) is 14.4. The number of likely N-dealkylation sites (N-methyl/N-ethyl adjacent to an activating group) is 1. The molecule has 0 bridgehead atoms. The minimum atomic E-state index is 0.0233. The Balaban J connectivity index is 2.71. The van der Waals surface area contributed by atoms with E-state index in [4.69, 9.17) is 10.5 Å². The minimum Gasteiger partial charge on any atom is -0.383 e. The van der Waals surface area contributed by atoms with Crippen molar-refractivity contribution in [2.45, 2.75) is 45.3 Å². The largest absolute Gasteiger partial charge is 0.383 e. The highest BCUT2D eigenvalue weighted by Crippen LogP contribution is 2.20. The molecule has 3 nitrogen and oxygen atoms in total. The SMILES string of the molecule is CCc1ccc(C(N)C(C)N(C)C(C)COC)cc1. The van der Waals surface area contributed by atoms with E-state index in [0.29, 0.717) is 6.04 Å². The molecule has 0 amide bonds. The van der Waals surface area contributed by atoms with Crippen LogP contribution in [0, 0.1) is 0 Å². The van der Waals surface area contributed by atoms with Crippen LogP contribution in [-0.2, 0) is 11.2 Å². The predicted molar refractivity (Wildman–Crippen MR) is 81.3 cm³/mol. The Hall–Kier alpha value is -0.900. The normalized spacial score (nSPS) is 16.4. The van der Waals surface area contributed by atoms with Crippen LogP contribution in [0.5, 0.6) is 0 Å². The Morgan fingerprint density at radius 3 is 2.26 bits per heavy atom. The number of nitrogens with zero attached hydrogens (tertiary/aromatic N) is 1. The molecule has 108 valence electrons. The Labute approximate surface area is 117 Å². The van der Waals surface area contributed by atoms with Crippen LogP contribution in [0.2, 0.25) is 0 Å². The van der Waals surface area contributed by atoms with Crippen molar-refractivity contribution in [1.82, 2.24) is 4.90 Å². The quantitative estimate of drug-likeness (QED) is 0.822. The number of nitrogens with two attached hydrogens (primary N) is 1. The second-order valence-corrected chi connectivity index (χ2v) is 5.33. The zero-order valence-electron chi connectivity index (χ0n) is 12.9. The summed E-state index contributed by atoms with van der Waals surface area (Å²) in [7, 11) is 3.84. The summed E-state index contributed by atoms with van der Waals surface area (Å²) in [6.45, 7) is 7.22. The molecule has 0 saturated heterocycles. The topological polar surface area (TPSA) is 38.5 Å². The van der Waals surface area contributed by atoms with E-state index < -0.39 is 0 Å². The van der Waals surface area contributed by atoms with E-state index in [9.17, 15) is 0 Å². The number of benzene rings is 1. The summed E-state index contributed by atoms with van der Waals surface area (Å²) in [5.41, 5.74) is 8.93. The fourth-order valence-corrected chi connectivity index (χ4v) is 2.27. The van der Waals surface area contributed by atoms with Gasteiger partial charge in [-0.3, -0.25) is 4.90 Å². The van der Waals surface area contributed by atoms with Crippen LogP contribution in [-0.4, -0.2) is 37.7 Å². The molecule has 2 N–H and O–H groups in total. The maximum absolute atomic E-state index is 6.38. The van der Waals surface area contributed by atoms with E-state index in [1.165, 1.54) is 11.1 Å². The van der Waals surface area contributed by atoms with Crippen LogP contribution in [0.4, 0.5) is 0 Å². The smallest absolute Gasteiger partial charge is 0.0615 e. The van der Waals surface area contributed by atoms with Crippen LogP contribution < -0.4 is 5.73 Å². The number of hydrogen-bond donors (Lipinski definition) is 1. The third kappa shape index (κ3) is 4.30. The molecule has 0 spiro atoms. The Morgan fingerprint density at radius 1 is 1.21 bits per heavy atom. The number of methoxy groups -OCH3 is 1. The average Bonchev–Trinajstić information content (AvgIpc) is 2.45. The molecule has 0 radical (unpaired) electrons. The lowest BCUT2D eigenvalue weighted by Crippen LogP contribution is -2.44. The number of hydrogen-bond acceptors (Lipinski definition) is 3. The lowest BCUT2D eigenvalue weighted by Gasteiger charge is -2.34. The highest BCUT2D eigenvalue weighted by Gasteiger charge is 2.22. The lowest BCUT2D eigenvalue weighted by molar-refractivity contribution is 0.0860. The van der Waals surface area contributed by atoms with Gasteiger partial charge in [-0.15, -0.1) is 0 Å². The van der Waals surface area contributed by atoms with Crippen molar-refractivity contribution in [1.29, 1.82) is 0 Å². The second-order valence-electron chi connectivity index (χ2n) is 5.33. The van der Waals surface area contributed by atoms with Gasteiger partial charge in [-0.25, -0.2) is 0 Å². The summed E-state index contributed by atoms with van der Waals surface area (Å²) in [5.74, 6) is 0. The lowest BCUT2D eigenvalue weighted by atomic mass is 9.98. The van der Waals surface area contributed by atoms with E-state index in [1.54, 1.807) is 7.11 Å². The third-order valence-electron chi connectivity index (χ3n) is 4.04. The van der Waals surface area contributed by atoms with Crippen LogP contribution in [0.3, 0.4) is 0 Å². The van der Waals surface area contributed by atoms with Crippen LogP contribution in [0.15, 0.2) is 24.3 Å². The molecule has 0 saturated carbocycles. The molecule has 3 heteroatoms. The van der Waals surface area contributed by atoms with Gasteiger partial charge in [0.2, 0.25) is 0 Å². The third-order valence-corrected chi connectivity index (χ3v) is 4.04. The number of rotatable bonds is 7. The Bertz CT molecular complexity index is 364. The fraction of sp³-hybridized carbons (Fsp3) is 0.625. The predicted octanol–water partition coefficient (Wildman–Crippen LogP) is 2.60. The minimum absolute atomic E-state index is 0.0233. The molecule has 0 aliphatic heterocycles. The summed E-state index contributed by atoms with van der Waals surface area (Å²) in [6, 6.07) is 9.29. The molecule has 0 aliphatic rings. The van der Waals surface area contributed by atoms with Crippen LogP contribution in [0.1, 0.15) is 37.9 Å². The summed E-state index contributed by atoms with van der Waals surface area (Å²) in [6.07, 6.45) is 1.07. The van der Waals surface area contributed by atoms with E-state index in [0.717, 1.165) is 13.0 Å². The van der Waals surface area contributed by atoms with Crippen molar-refractivity contribution in [3.8, 4) is 0 Å². The molecule has 1 rings (SSSR count). The van der Waals surface area contributed by atoms with Crippen molar-refractivity contribution in [2.24, 2.45) is 5.73 Å². The Kier molecular flexibility index (Phi) is 6.49. The number of aryl methyl sites for hydroxylation is 1. The van der Waals surface area contributed by atoms with E-state index in [-0.39, 0.29) is 12.1 Å². The fourth-order valence-electron chi connectivity index (χ4n) is 2.27. The van der Waals surface area contributed by atoms with Crippen molar-refractivity contribution in [3.05, 3.63) is 35.4 Å². The van der Waals surface area contributed by atoms with Gasteiger partial charge in [0.15, 0.2) is 0 Å². The van der Waals surface area contributed by atoms with Crippen molar-refractivity contribution in [2.75, 3.05) is 20.8 Å². The molecule has 0 heterocycles. The maximum Gasteiger partial charge on any atom is 0.0615 e. The molecule has 3 unspecified atom stereocenters. The molecule has 0 aliphatic carbocycles. The molecule has 0 fully saturated rings. The average molecular weight is 264 g/mol. The first-order valence-corrected chi connectivity index (χ1v) is 7.06. The van der Waals surface area contributed by atoms with Gasteiger partial charge in [0, 0.05) is 25.2 Å². The number of ether oxygens (including phenoxy) is 1. The van der Waals surface area contributed by atoms with Gasteiger partial charge in [0.25, 0.3) is 0 Å². The van der Waals surface area contributed by atoms with Crippen molar-refractivity contribution >= 4 is 0 Å². The molecule has 3 atom stereocenters. The summed E-state index contributed by atoms with van der Waals surface area (Å²) in [5, 5.41) is 0. The van der Waals surface area contributed by atoms with Gasteiger partial charge in [0.05, 0.1) is 6.61 Å². The standard InChI is InChI=1S/C16H28N2O/c1-6-14-7-9-15(10-8-14)16(17)13(3)18(4)12(2)11-19-5/h7-10,12-13,16H,6,11,17H2,1-5H3. The first-order valence-electron chi connectivity index (χ1n) is 7.06. The van der Waals surface area contributed by atoms with Gasteiger partial charge in [0.1, 0.15) is 0 Å². The van der Waals surface area contributed by atoms with Gasteiger partial charge in [-0.2, -0.15) is 0 Å². The van der Waals surface area contributed by atoms with Crippen molar-refractivity contribution in [3.63, 3.8) is 0 Å². The highest BCUT2D eigenvalue weighted by atomic mass is 16.5. The monoisotopic (exact) mass is 264 g/mol. The zero-order valence-corrected chi connectivity index (χ0v) is 12.9. The molecular weight excluding hydrogens is 236 g/mol. The van der Waals surface area contributed by atoms with Crippen LogP contribution in [0.25, 0.3) is 0 Å². The molecule has 19 heavy (non-hydrogen) atoms. The van der Waals surface area contributed by atoms with Gasteiger partial charge >= 0.3 is 0 Å². The second kappa shape index (κ2) is 7.63. The van der Waals surface area contributed by atoms with E-state index >= 15 is 0 Å². The molecular formula is C16H28N2O.